The molecule has 1 heterocycles. The van der Waals surface area contributed by atoms with Gasteiger partial charge in [0.1, 0.15) is 0 Å². The number of nitrogens with zero attached hydrogens (tertiary/aromatic N) is 1. The minimum atomic E-state index is 0.269. The molecule has 1 unspecified atom stereocenters. The zero-order valence-electron chi connectivity index (χ0n) is 10.5. The van der Waals surface area contributed by atoms with Gasteiger partial charge in [-0.1, -0.05) is 30.3 Å². The van der Waals surface area contributed by atoms with E-state index in [2.05, 4.69) is 7.05 Å². The average Bonchev–Trinajstić information content (AvgIpc) is 2.55. The third-order valence-corrected chi connectivity index (χ3v) is 3.39. The van der Waals surface area contributed by atoms with Crippen LogP contribution in [0.5, 0.6) is 0 Å². The number of carbonyl (C=O) groups is 1. The van der Waals surface area contributed by atoms with E-state index in [4.69, 9.17) is 0 Å². The highest BCUT2D eigenvalue weighted by molar-refractivity contribution is 5.78. The van der Waals surface area contributed by atoms with Crippen LogP contribution in [0, 0.1) is 0 Å². The summed E-state index contributed by atoms with van der Waals surface area (Å²) in [5.74, 6) is 0.269. The Morgan fingerprint density at radius 2 is 2.00 bits per heavy atom. The molecule has 1 aliphatic rings. The lowest BCUT2D eigenvalue weighted by Crippen LogP contribution is -3.09. The van der Waals surface area contributed by atoms with Crippen LogP contribution < -0.4 is 4.90 Å². The molecule has 2 rings (SSSR count). The minimum absolute atomic E-state index is 0.269. The molecule has 1 aromatic carbocycles. The third kappa shape index (κ3) is 3.56. The minimum Gasteiger partial charge on any atom is -0.337 e. The lowest BCUT2D eigenvalue weighted by molar-refractivity contribution is -0.877. The standard InChI is InChI=1S/C14H20N2O/c1-15-8-5-9-16(11-10-15)14(17)12-13-6-3-2-4-7-13/h2-4,6-7H,5,8-12H2,1H3/p+1. The molecule has 17 heavy (non-hydrogen) atoms. The number of benzene rings is 1. The summed E-state index contributed by atoms with van der Waals surface area (Å²) in [4.78, 5) is 15.7. The normalized spacial score (nSPS) is 21.0. The molecule has 0 radical (unpaired) electrons. The zero-order valence-corrected chi connectivity index (χ0v) is 10.5. The number of nitrogens with one attached hydrogen (secondary N) is 1. The molecular formula is C14H21N2O+. The highest BCUT2D eigenvalue weighted by atomic mass is 16.2. The van der Waals surface area contributed by atoms with E-state index in [1.54, 1.807) is 0 Å². The van der Waals surface area contributed by atoms with Crippen LogP contribution in [-0.4, -0.2) is 44.0 Å². The average molecular weight is 233 g/mol. The van der Waals surface area contributed by atoms with Crippen molar-refractivity contribution in [2.75, 3.05) is 33.2 Å². The Morgan fingerprint density at radius 3 is 2.76 bits per heavy atom. The predicted molar refractivity (Wildman–Crippen MR) is 68.0 cm³/mol. The molecule has 1 aliphatic heterocycles. The summed E-state index contributed by atoms with van der Waals surface area (Å²) in [7, 11) is 2.20. The van der Waals surface area contributed by atoms with E-state index in [9.17, 15) is 4.79 Å². The second-order valence-electron chi connectivity index (χ2n) is 4.85. The van der Waals surface area contributed by atoms with Crippen LogP contribution in [0.1, 0.15) is 12.0 Å². The van der Waals surface area contributed by atoms with Gasteiger partial charge in [-0.15, -0.1) is 0 Å². The highest BCUT2D eigenvalue weighted by Crippen LogP contribution is 2.03. The topological polar surface area (TPSA) is 24.8 Å². The van der Waals surface area contributed by atoms with Gasteiger partial charge in [0.2, 0.25) is 5.91 Å². The smallest absolute Gasteiger partial charge is 0.227 e. The summed E-state index contributed by atoms with van der Waals surface area (Å²) in [6, 6.07) is 10.0. The van der Waals surface area contributed by atoms with Gasteiger partial charge < -0.3 is 9.80 Å². The summed E-state index contributed by atoms with van der Waals surface area (Å²) < 4.78 is 0. The highest BCUT2D eigenvalue weighted by Gasteiger charge is 2.18. The van der Waals surface area contributed by atoms with Crippen molar-refractivity contribution in [3.05, 3.63) is 35.9 Å². The van der Waals surface area contributed by atoms with Crippen molar-refractivity contribution in [1.82, 2.24) is 4.90 Å². The summed E-state index contributed by atoms with van der Waals surface area (Å²) in [6.45, 7) is 4.07. The Labute approximate surface area is 103 Å². The van der Waals surface area contributed by atoms with Crippen LogP contribution in [0.3, 0.4) is 0 Å². The monoisotopic (exact) mass is 233 g/mol. The van der Waals surface area contributed by atoms with Gasteiger partial charge >= 0.3 is 0 Å². The van der Waals surface area contributed by atoms with Crippen molar-refractivity contribution >= 4 is 5.91 Å². The van der Waals surface area contributed by atoms with E-state index in [1.165, 1.54) is 11.4 Å². The number of quaternary nitrogens is 1. The quantitative estimate of drug-likeness (QED) is 0.763. The molecule has 1 atom stereocenters. The fraction of sp³-hybridized carbons (Fsp3) is 0.500. The molecule has 1 aromatic rings. The van der Waals surface area contributed by atoms with Crippen LogP contribution >= 0.6 is 0 Å². The van der Waals surface area contributed by atoms with Gasteiger partial charge in [0.15, 0.2) is 0 Å². The largest absolute Gasteiger partial charge is 0.337 e. The molecule has 1 amide bonds. The van der Waals surface area contributed by atoms with E-state index in [0.717, 1.165) is 31.6 Å². The molecule has 1 fully saturated rings. The predicted octanol–water partition coefficient (Wildman–Crippen LogP) is -0.0239. The third-order valence-electron chi connectivity index (χ3n) is 3.39. The van der Waals surface area contributed by atoms with E-state index < -0.39 is 0 Å². The SMILES string of the molecule is C[NH+]1CCCN(C(=O)Cc2ccccc2)CC1. The molecule has 92 valence electrons. The Morgan fingerprint density at radius 1 is 1.24 bits per heavy atom. The van der Waals surface area contributed by atoms with Gasteiger partial charge in [0.25, 0.3) is 0 Å². The molecule has 1 saturated heterocycles. The van der Waals surface area contributed by atoms with Crippen LogP contribution in [-0.2, 0) is 11.2 Å². The van der Waals surface area contributed by atoms with Crippen molar-refractivity contribution < 1.29 is 9.69 Å². The molecule has 3 heteroatoms. The maximum Gasteiger partial charge on any atom is 0.227 e. The Hall–Kier alpha value is -1.35. The van der Waals surface area contributed by atoms with Crippen molar-refractivity contribution in [3.63, 3.8) is 0 Å². The molecular weight excluding hydrogens is 212 g/mol. The lowest BCUT2D eigenvalue weighted by atomic mass is 10.1. The first-order valence-electron chi connectivity index (χ1n) is 6.39. The summed E-state index contributed by atoms with van der Waals surface area (Å²) >= 11 is 0. The fourth-order valence-electron chi connectivity index (χ4n) is 2.27. The summed E-state index contributed by atoms with van der Waals surface area (Å²) in [5.41, 5.74) is 1.11. The Bertz CT molecular complexity index is 364. The van der Waals surface area contributed by atoms with Crippen molar-refractivity contribution in [2.45, 2.75) is 12.8 Å². The van der Waals surface area contributed by atoms with Crippen molar-refractivity contribution in [3.8, 4) is 0 Å². The van der Waals surface area contributed by atoms with Crippen LogP contribution in [0.15, 0.2) is 30.3 Å². The Kier molecular flexibility index (Phi) is 4.15. The maximum atomic E-state index is 12.1. The summed E-state index contributed by atoms with van der Waals surface area (Å²) in [5, 5.41) is 0. The number of hydrogen-bond acceptors (Lipinski definition) is 1. The van der Waals surface area contributed by atoms with Gasteiger partial charge in [0, 0.05) is 13.0 Å². The maximum absolute atomic E-state index is 12.1. The molecule has 1 N–H and O–H groups in total. The molecule has 0 spiro atoms. The van der Waals surface area contributed by atoms with E-state index in [-0.39, 0.29) is 5.91 Å². The van der Waals surface area contributed by atoms with Crippen LogP contribution in [0.2, 0.25) is 0 Å². The van der Waals surface area contributed by atoms with Crippen molar-refractivity contribution in [2.24, 2.45) is 0 Å². The lowest BCUT2D eigenvalue weighted by Gasteiger charge is -2.19. The second kappa shape index (κ2) is 5.82. The fourth-order valence-corrected chi connectivity index (χ4v) is 2.27. The van der Waals surface area contributed by atoms with E-state index in [1.807, 2.05) is 35.2 Å². The van der Waals surface area contributed by atoms with Gasteiger partial charge in [-0.05, 0) is 5.56 Å². The van der Waals surface area contributed by atoms with Crippen LogP contribution in [0.25, 0.3) is 0 Å². The first-order chi connectivity index (χ1) is 8.25. The van der Waals surface area contributed by atoms with Gasteiger partial charge in [-0.25, -0.2) is 0 Å². The number of rotatable bonds is 2. The molecule has 3 nitrogen and oxygen atoms in total. The zero-order chi connectivity index (χ0) is 12.1. The molecule has 0 bridgehead atoms. The second-order valence-corrected chi connectivity index (χ2v) is 4.85. The van der Waals surface area contributed by atoms with E-state index in [0.29, 0.717) is 6.42 Å². The van der Waals surface area contributed by atoms with E-state index >= 15 is 0 Å². The molecule has 0 aromatic heterocycles. The first-order valence-corrected chi connectivity index (χ1v) is 6.39. The van der Waals surface area contributed by atoms with Gasteiger partial charge in [-0.3, -0.25) is 4.79 Å². The van der Waals surface area contributed by atoms with Crippen molar-refractivity contribution in [1.29, 1.82) is 0 Å². The molecule has 0 aliphatic carbocycles. The number of carbonyl (C=O) groups excluding carboxylic acids is 1. The molecule has 0 saturated carbocycles. The van der Waals surface area contributed by atoms with Gasteiger partial charge in [-0.2, -0.15) is 0 Å². The number of hydrogen-bond donors (Lipinski definition) is 1. The Balaban J connectivity index is 1.91. The van der Waals surface area contributed by atoms with Gasteiger partial charge in [0.05, 0.1) is 33.1 Å². The summed E-state index contributed by atoms with van der Waals surface area (Å²) in [6.07, 6.45) is 1.66. The van der Waals surface area contributed by atoms with Crippen LogP contribution in [0.4, 0.5) is 0 Å². The first kappa shape index (κ1) is 12.1. The number of amides is 1. The number of likely N-dealkylation sites (N-methyl/N-ethyl adjacent to an activating group) is 1.